The lowest BCUT2D eigenvalue weighted by molar-refractivity contribution is 0.0601. The third-order valence-electron chi connectivity index (χ3n) is 2.60. The van der Waals surface area contributed by atoms with E-state index in [1.165, 1.54) is 7.11 Å². The third kappa shape index (κ3) is 2.87. The molecule has 0 aliphatic rings. The van der Waals surface area contributed by atoms with Crippen LogP contribution in [-0.4, -0.2) is 18.1 Å². The summed E-state index contributed by atoms with van der Waals surface area (Å²) < 4.78 is 4.70. The zero-order chi connectivity index (χ0) is 13.0. The predicted octanol–water partition coefficient (Wildman–Crippen LogP) is 2.85. The van der Waals surface area contributed by atoms with Crippen molar-refractivity contribution in [1.82, 2.24) is 4.98 Å². The number of hydrogen-bond donors (Lipinski definition) is 1. The average Bonchev–Trinajstić information content (AvgIpc) is 2.90. The lowest BCUT2D eigenvalue weighted by Crippen LogP contribution is -2.05. The highest BCUT2D eigenvalue weighted by Crippen LogP contribution is 2.18. The topological polar surface area (TPSA) is 51.2 Å². The Bertz CT molecular complexity index is 538. The van der Waals surface area contributed by atoms with Crippen molar-refractivity contribution < 1.29 is 9.53 Å². The summed E-state index contributed by atoms with van der Waals surface area (Å²) in [6.07, 6.45) is 0. The number of esters is 1. The van der Waals surface area contributed by atoms with Crippen molar-refractivity contribution in [3.8, 4) is 0 Å². The highest BCUT2D eigenvalue weighted by Gasteiger charge is 2.08. The average molecular weight is 262 g/mol. The van der Waals surface area contributed by atoms with E-state index in [0.29, 0.717) is 12.1 Å². The van der Waals surface area contributed by atoms with E-state index in [9.17, 15) is 4.79 Å². The first kappa shape index (κ1) is 12.6. The number of thiazole rings is 1. The SMILES string of the molecule is COC(=O)c1ccc(C)c(NCc2cscn2)c1. The van der Waals surface area contributed by atoms with Gasteiger partial charge in [0.05, 0.1) is 30.4 Å². The van der Waals surface area contributed by atoms with Crippen molar-refractivity contribution in [2.75, 3.05) is 12.4 Å². The van der Waals surface area contributed by atoms with E-state index in [0.717, 1.165) is 16.9 Å². The van der Waals surface area contributed by atoms with Crippen LogP contribution in [0.1, 0.15) is 21.6 Å². The molecule has 0 saturated carbocycles. The van der Waals surface area contributed by atoms with Crippen LogP contribution in [0.3, 0.4) is 0 Å². The first-order valence-corrected chi connectivity index (χ1v) is 6.45. The van der Waals surface area contributed by atoms with Crippen LogP contribution in [0.2, 0.25) is 0 Å². The Hall–Kier alpha value is -1.88. The number of hydrogen-bond acceptors (Lipinski definition) is 5. The summed E-state index contributed by atoms with van der Waals surface area (Å²) in [5.74, 6) is -0.327. The molecule has 1 heterocycles. The Balaban J connectivity index is 2.13. The summed E-state index contributed by atoms with van der Waals surface area (Å²) in [5, 5.41) is 5.26. The summed E-state index contributed by atoms with van der Waals surface area (Å²) in [6.45, 7) is 2.64. The Morgan fingerprint density at radius 3 is 3.00 bits per heavy atom. The minimum absolute atomic E-state index is 0.327. The molecular formula is C13H14N2O2S. The van der Waals surface area contributed by atoms with Crippen LogP contribution in [0, 0.1) is 6.92 Å². The molecule has 1 aromatic heterocycles. The highest BCUT2D eigenvalue weighted by molar-refractivity contribution is 7.07. The van der Waals surface area contributed by atoms with E-state index in [-0.39, 0.29) is 5.97 Å². The van der Waals surface area contributed by atoms with Crippen molar-refractivity contribution in [2.45, 2.75) is 13.5 Å². The fourth-order valence-electron chi connectivity index (χ4n) is 1.57. The molecule has 5 heteroatoms. The van der Waals surface area contributed by atoms with Crippen molar-refractivity contribution in [2.24, 2.45) is 0 Å². The Morgan fingerprint density at radius 1 is 1.50 bits per heavy atom. The van der Waals surface area contributed by atoms with Crippen molar-refractivity contribution >= 4 is 23.0 Å². The molecule has 0 saturated heterocycles. The van der Waals surface area contributed by atoms with E-state index < -0.39 is 0 Å². The Morgan fingerprint density at radius 2 is 2.33 bits per heavy atom. The summed E-state index contributed by atoms with van der Waals surface area (Å²) in [6, 6.07) is 5.46. The summed E-state index contributed by atoms with van der Waals surface area (Å²) in [4.78, 5) is 15.6. The first-order valence-electron chi connectivity index (χ1n) is 5.50. The lowest BCUT2D eigenvalue weighted by Gasteiger charge is -2.09. The van der Waals surface area contributed by atoms with Crippen LogP contribution in [0.5, 0.6) is 0 Å². The lowest BCUT2D eigenvalue weighted by atomic mass is 10.1. The molecule has 0 bridgehead atoms. The molecule has 94 valence electrons. The van der Waals surface area contributed by atoms with Gasteiger partial charge in [0.2, 0.25) is 0 Å². The van der Waals surface area contributed by atoms with Gasteiger partial charge in [-0.3, -0.25) is 0 Å². The molecule has 18 heavy (non-hydrogen) atoms. The third-order valence-corrected chi connectivity index (χ3v) is 3.24. The minimum Gasteiger partial charge on any atom is -0.465 e. The zero-order valence-electron chi connectivity index (χ0n) is 10.3. The molecule has 0 spiro atoms. The number of benzene rings is 1. The van der Waals surface area contributed by atoms with Crippen molar-refractivity contribution in [3.05, 3.63) is 45.9 Å². The maximum Gasteiger partial charge on any atom is 0.337 e. The second-order valence-corrected chi connectivity index (χ2v) is 4.57. The molecule has 1 aromatic carbocycles. The summed E-state index contributed by atoms with van der Waals surface area (Å²) in [5.41, 5.74) is 5.34. The molecular weight excluding hydrogens is 248 g/mol. The van der Waals surface area contributed by atoms with Gasteiger partial charge in [-0.15, -0.1) is 11.3 Å². The molecule has 0 amide bonds. The maximum absolute atomic E-state index is 11.4. The standard InChI is InChI=1S/C13H14N2O2S/c1-9-3-4-10(13(16)17-2)5-12(9)14-6-11-7-18-8-15-11/h3-5,7-8,14H,6H2,1-2H3. The van der Waals surface area contributed by atoms with Gasteiger partial charge >= 0.3 is 5.97 Å². The van der Waals surface area contributed by atoms with Crippen LogP contribution in [0.4, 0.5) is 5.69 Å². The second-order valence-electron chi connectivity index (χ2n) is 3.85. The maximum atomic E-state index is 11.4. The van der Waals surface area contributed by atoms with Gasteiger partial charge in [0.1, 0.15) is 0 Å². The normalized spacial score (nSPS) is 10.1. The van der Waals surface area contributed by atoms with Crippen LogP contribution in [0.25, 0.3) is 0 Å². The fourth-order valence-corrected chi connectivity index (χ4v) is 2.13. The number of nitrogens with one attached hydrogen (secondary N) is 1. The largest absolute Gasteiger partial charge is 0.465 e. The molecule has 1 N–H and O–H groups in total. The van der Waals surface area contributed by atoms with Gasteiger partial charge in [0.15, 0.2) is 0 Å². The van der Waals surface area contributed by atoms with Crippen LogP contribution >= 0.6 is 11.3 Å². The number of carbonyl (C=O) groups is 1. The number of rotatable bonds is 4. The second kappa shape index (κ2) is 5.64. The van der Waals surface area contributed by atoms with Crippen LogP contribution in [-0.2, 0) is 11.3 Å². The number of nitrogens with zero attached hydrogens (tertiary/aromatic N) is 1. The Kier molecular flexibility index (Phi) is 3.94. The highest BCUT2D eigenvalue weighted by atomic mass is 32.1. The molecule has 0 radical (unpaired) electrons. The van der Waals surface area contributed by atoms with E-state index in [1.54, 1.807) is 29.0 Å². The van der Waals surface area contributed by atoms with E-state index in [1.807, 2.05) is 18.4 Å². The van der Waals surface area contributed by atoms with E-state index in [4.69, 9.17) is 4.74 Å². The van der Waals surface area contributed by atoms with Gasteiger partial charge in [-0.2, -0.15) is 0 Å². The smallest absolute Gasteiger partial charge is 0.337 e. The summed E-state index contributed by atoms with van der Waals surface area (Å²) in [7, 11) is 1.38. The molecule has 0 unspecified atom stereocenters. The first-order chi connectivity index (χ1) is 8.70. The predicted molar refractivity (Wildman–Crippen MR) is 72.0 cm³/mol. The van der Waals surface area contributed by atoms with Gasteiger partial charge < -0.3 is 10.1 Å². The number of carbonyl (C=O) groups excluding carboxylic acids is 1. The molecule has 0 atom stereocenters. The monoisotopic (exact) mass is 262 g/mol. The zero-order valence-corrected chi connectivity index (χ0v) is 11.1. The van der Waals surface area contributed by atoms with Gasteiger partial charge in [0, 0.05) is 11.1 Å². The Labute approximate surface area is 110 Å². The van der Waals surface area contributed by atoms with Gasteiger partial charge in [0.25, 0.3) is 0 Å². The molecule has 4 nitrogen and oxygen atoms in total. The number of aromatic nitrogens is 1. The van der Waals surface area contributed by atoms with Crippen molar-refractivity contribution in [1.29, 1.82) is 0 Å². The van der Waals surface area contributed by atoms with Gasteiger partial charge in [-0.1, -0.05) is 6.07 Å². The molecule has 2 rings (SSSR count). The molecule has 2 aromatic rings. The molecule has 0 aliphatic heterocycles. The van der Waals surface area contributed by atoms with Crippen LogP contribution in [0.15, 0.2) is 29.1 Å². The number of ether oxygens (including phenoxy) is 1. The molecule has 0 fully saturated rings. The van der Waals surface area contributed by atoms with E-state index >= 15 is 0 Å². The number of methoxy groups -OCH3 is 1. The quantitative estimate of drug-likeness (QED) is 0.861. The number of anilines is 1. The van der Waals surface area contributed by atoms with Gasteiger partial charge in [-0.25, -0.2) is 9.78 Å². The summed E-state index contributed by atoms with van der Waals surface area (Å²) >= 11 is 1.57. The number of aryl methyl sites for hydroxylation is 1. The molecule has 0 aliphatic carbocycles. The fraction of sp³-hybridized carbons (Fsp3) is 0.231. The van der Waals surface area contributed by atoms with E-state index in [2.05, 4.69) is 10.3 Å². The van der Waals surface area contributed by atoms with Crippen LogP contribution < -0.4 is 5.32 Å². The van der Waals surface area contributed by atoms with Crippen molar-refractivity contribution in [3.63, 3.8) is 0 Å². The van der Waals surface area contributed by atoms with Gasteiger partial charge in [-0.05, 0) is 24.6 Å². The minimum atomic E-state index is -0.327.